The summed E-state index contributed by atoms with van der Waals surface area (Å²) in [6.45, 7) is 0.367. The number of nitrogens with zero attached hydrogens (tertiary/aromatic N) is 5. The van der Waals surface area contributed by atoms with E-state index in [0.717, 1.165) is 5.69 Å². The zero-order chi connectivity index (χ0) is 24.8. The first kappa shape index (κ1) is 24.1. The molecular formula is C20H23N9O5. The predicted octanol–water partition coefficient (Wildman–Crippen LogP) is -0.311. The number of nitrogens with one attached hydrogen (secondary N) is 2. The number of rotatable bonds is 9. The maximum atomic E-state index is 12.4. The van der Waals surface area contributed by atoms with E-state index in [1.54, 1.807) is 30.5 Å². The second-order valence-corrected chi connectivity index (χ2v) is 7.34. The number of benzene rings is 1. The zero-order valence-corrected chi connectivity index (χ0v) is 18.1. The van der Waals surface area contributed by atoms with Gasteiger partial charge in [0.1, 0.15) is 6.04 Å². The minimum atomic E-state index is -1.29. The van der Waals surface area contributed by atoms with Crippen LogP contribution in [0.2, 0.25) is 0 Å². The number of nitrogens with two attached hydrogens (primary N) is 2. The molecule has 0 bridgehead atoms. The van der Waals surface area contributed by atoms with Crippen LogP contribution >= 0.6 is 0 Å². The fourth-order valence-electron chi connectivity index (χ4n) is 3.09. The van der Waals surface area contributed by atoms with Crippen molar-refractivity contribution in [2.45, 2.75) is 25.4 Å². The Hall–Kier alpha value is -4.59. The molecule has 0 aliphatic rings. The molecule has 0 aliphatic heterocycles. The number of carboxylic acids is 1. The Morgan fingerprint density at radius 1 is 1.12 bits per heavy atom. The van der Waals surface area contributed by atoms with E-state index in [1.807, 2.05) is 11.9 Å². The molecule has 0 unspecified atom stereocenters. The average molecular weight is 469 g/mol. The third kappa shape index (κ3) is 5.80. The van der Waals surface area contributed by atoms with Crippen LogP contribution in [-0.2, 0) is 16.1 Å². The molecule has 2 aromatic heterocycles. The van der Waals surface area contributed by atoms with E-state index in [9.17, 15) is 19.5 Å². The van der Waals surface area contributed by atoms with Crippen LogP contribution in [0.1, 0.15) is 28.9 Å². The van der Waals surface area contributed by atoms with E-state index in [4.69, 9.17) is 16.7 Å². The summed E-state index contributed by atoms with van der Waals surface area (Å²) < 4.78 is 0. The van der Waals surface area contributed by atoms with E-state index < -0.39 is 23.8 Å². The van der Waals surface area contributed by atoms with Crippen molar-refractivity contribution in [2.75, 3.05) is 23.4 Å². The third-order valence-electron chi connectivity index (χ3n) is 4.86. The van der Waals surface area contributed by atoms with Crippen molar-refractivity contribution in [3.8, 4) is 0 Å². The molecule has 3 rings (SSSR count). The molecule has 8 N–H and O–H groups in total. The maximum Gasteiger partial charge on any atom is 0.326 e. The number of aromatic nitrogens is 4. The number of carbonyl (C=O) groups excluding carboxylic acids is 2. The van der Waals surface area contributed by atoms with E-state index in [1.165, 1.54) is 5.48 Å². The molecule has 3 aromatic rings. The first-order chi connectivity index (χ1) is 16.2. The van der Waals surface area contributed by atoms with Gasteiger partial charge in [-0.3, -0.25) is 14.8 Å². The van der Waals surface area contributed by atoms with E-state index >= 15 is 0 Å². The van der Waals surface area contributed by atoms with Gasteiger partial charge >= 0.3 is 5.97 Å². The summed E-state index contributed by atoms with van der Waals surface area (Å²) in [6.07, 6.45) is 1.11. The van der Waals surface area contributed by atoms with E-state index in [-0.39, 0.29) is 30.2 Å². The van der Waals surface area contributed by atoms with Crippen molar-refractivity contribution < 1.29 is 24.7 Å². The highest BCUT2D eigenvalue weighted by molar-refractivity contribution is 5.97. The SMILES string of the molecule is CN(Cc1cnc2nc(N)nc(N)c2n1)c1ccc(C(=O)N[C@@H](CCC(=O)NO)C(=O)O)cc1. The summed E-state index contributed by atoms with van der Waals surface area (Å²) in [5.41, 5.74) is 15.1. The number of fused-ring (bicyclic) bond motifs is 1. The minimum absolute atomic E-state index is 0.0126. The van der Waals surface area contributed by atoms with Crippen LogP contribution in [0.5, 0.6) is 0 Å². The molecule has 2 amide bonds. The molecule has 0 aliphatic carbocycles. The lowest BCUT2D eigenvalue weighted by molar-refractivity contribution is -0.139. The molecule has 0 spiro atoms. The van der Waals surface area contributed by atoms with Crippen LogP contribution in [0.4, 0.5) is 17.5 Å². The molecule has 2 heterocycles. The number of nitrogen functional groups attached to an aromatic ring is 2. The Balaban J connectivity index is 1.66. The van der Waals surface area contributed by atoms with Gasteiger partial charge in [-0.25, -0.2) is 20.2 Å². The monoisotopic (exact) mass is 469 g/mol. The largest absolute Gasteiger partial charge is 0.480 e. The third-order valence-corrected chi connectivity index (χ3v) is 4.86. The van der Waals surface area contributed by atoms with Crippen LogP contribution < -0.4 is 27.2 Å². The number of carboxylic acid groups (broad SMARTS) is 1. The Morgan fingerprint density at radius 3 is 2.47 bits per heavy atom. The summed E-state index contributed by atoms with van der Waals surface area (Å²) in [4.78, 5) is 53.3. The van der Waals surface area contributed by atoms with Gasteiger partial charge in [-0.1, -0.05) is 0 Å². The van der Waals surface area contributed by atoms with Crippen LogP contribution in [0.25, 0.3) is 11.2 Å². The molecule has 14 nitrogen and oxygen atoms in total. The van der Waals surface area contributed by atoms with E-state index in [0.29, 0.717) is 23.4 Å². The highest BCUT2D eigenvalue weighted by Crippen LogP contribution is 2.19. The van der Waals surface area contributed by atoms with Crippen LogP contribution in [0, 0.1) is 0 Å². The van der Waals surface area contributed by atoms with Gasteiger partial charge in [0.15, 0.2) is 17.0 Å². The van der Waals surface area contributed by atoms with Gasteiger partial charge in [-0.2, -0.15) is 9.97 Å². The number of hydrogen-bond acceptors (Lipinski definition) is 11. The summed E-state index contributed by atoms with van der Waals surface area (Å²) in [6, 6.07) is 5.18. The maximum absolute atomic E-state index is 12.4. The zero-order valence-electron chi connectivity index (χ0n) is 18.1. The number of hydroxylamine groups is 1. The Kier molecular flexibility index (Phi) is 7.33. The normalized spacial score (nSPS) is 11.6. The number of anilines is 3. The molecule has 1 aromatic carbocycles. The first-order valence-corrected chi connectivity index (χ1v) is 10.0. The van der Waals surface area contributed by atoms with Gasteiger partial charge in [0.2, 0.25) is 11.9 Å². The molecule has 34 heavy (non-hydrogen) atoms. The van der Waals surface area contributed by atoms with Gasteiger partial charge in [0, 0.05) is 24.7 Å². The Bertz CT molecular complexity index is 1220. The van der Waals surface area contributed by atoms with Gasteiger partial charge < -0.3 is 26.8 Å². The topological polar surface area (TPSA) is 223 Å². The molecule has 178 valence electrons. The quantitative estimate of drug-likeness (QED) is 0.175. The smallest absolute Gasteiger partial charge is 0.326 e. The summed E-state index contributed by atoms with van der Waals surface area (Å²) in [5, 5.41) is 20.1. The number of aliphatic carboxylic acids is 1. The number of amides is 2. The standard InChI is InChI=1S/C20H23N9O5/c1-29(9-11-8-23-17-15(24-11)16(21)26-20(22)27-17)12-4-2-10(3-5-12)18(31)25-13(19(32)33)6-7-14(30)28-34/h2-5,8,13,34H,6-7,9H2,1H3,(H,25,31)(H,28,30)(H,32,33)(H4,21,22,23,26,27)/t13-/m0/s1. The van der Waals surface area contributed by atoms with Crippen LogP contribution in [0.3, 0.4) is 0 Å². The Morgan fingerprint density at radius 2 is 1.82 bits per heavy atom. The van der Waals surface area contributed by atoms with E-state index in [2.05, 4.69) is 25.3 Å². The lowest BCUT2D eigenvalue weighted by Gasteiger charge is -2.19. The molecular weight excluding hydrogens is 446 g/mol. The fourth-order valence-corrected chi connectivity index (χ4v) is 3.09. The van der Waals surface area contributed by atoms with Crippen LogP contribution in [-0.4, -0.2) is 61.1 Å². The molecule has 0 saturated heterocycles. The second-order valence-electron chi connectivity index (χ2n) is 7.34. The lowest BCUT2D eigenvalue weighted by atomic mass is 10.1. The van der Waals surface area contributed by atoms with Crippen molar-refractivity contribution >= 4 is 46.4 Å². The minimum Gasteiger partial charge on any atom is -0.480 e. The summed E-state index contributed by atoms with van der Waals surface area (Å²) in [5.74, 6) is -2.50. The van der Waals surface area contributed by atoms with Crippen molar-refractivity contribution in [2.24, 2.45) is 0 Å². The fraction of sp³-hybridized carbons (Fsp3) is 0.250. The molecule has 0 radical (unpaired) electrons. The first-order valence-electron chi connectivity index (χ1n) is 10.0. The summed E-state index contributed by atoms with van der Waals surface area (Å²) in [7, 11) is 1.82. The van der Waals surface area contributed by atoms with Gasteiger partial charge in [0.05, 0.1) is 18.4 Å². The van der Waals surface area contributed by atoms with Crippen LogP contribution in [0.15, 0.2) is 30.5 Å². The lowest BCUT2D eigenvalue weighted by Crippen LogP contribution is -2.41. The molecule has 0 saturated carbocycles. The van der Waals surface area contributed by atoms with Crippen molar-refractivity contribution in [1.82, 2.24) is 30.7 Å². The number of carbonyl (C=O) groups is 3. The van der Waals surface area contributed by atoms with Crippen molar-refractivity contribution in [3.05, 3.63) is 41.7 Å². The summed E-state index contributed by atoms with van der Waals surface area (Å²) >= 11 is 0. The molecule has 14 heteroatoms. The van der Waals surface area contributed by atoms with Gasteiger partial charge in [-0.05, 0) is 30.7 Å². The molecule has 0 fully saturated rings. The van der Waals surface area contributed by atoms with Gasteiger partial charge in [0.25, 0.3) is 5.91 Å². The number of hydrogen-bond donors (Lipinski definition) is 6. The average Bonchev–Trinajstić information content (AvgIpc) is 2.81. The second kappa shape index (κ2) is 10.4. The highest BCUT2D eigenvalue weighted by Gasteiger charge is 2.22. The van der Waals surface area contributed by atoms with Gasteiger partial charge in [-0.15, -0.1) is 0 Å². The van der Waals surface area contributed by atoms with Crippen molar-refractivity contribution in [3.63, 3.8) is 0 Å². The molecule has 1 atom stereocenters. The highest BCUT2D eigenvalue weighted by atomic mass is 16.5. The predicted molar refractivity (Wildman–Crippen MR) is 121 cm³/mol. The Labute approximate surface area is 193 Å². The van der Waals surface area contributed by atoms with Crippen molar-refractivity contribution in [1.29, 1.82) is 0 Å².